The summed E-state index contributed by atoms with van der Waals surface area (Å²) in [5.74, 6) is -0.352. The summed E-state index contributed by atoms with van der Waals surface area (Å²) < 4.78 is 14.4. The van der Waals surface area contributed by atoms with Crippen molar-refractivity contribution in [3.63, 3.8) is 0 Å². The van der Waals surface area contributed by atoms with Crippen LogP contribution in [0, 0.1) is 5.82 Å². The minimum atomic E-state index is -0.352. The predicted molar refractivity (Wildman–Crippen MR) is 85.7 cm³/mol. The second kappa shape index (κ2) is 6.79. The van der Waals surface area contributed by atoms with Crippen LogP contribution < -0.4 is 5.73 Å². The van der Waals surface area contributed by atoms with E-state index in [9.17, 15) is 9.50 Å². The van der Waals surface area contributed by atoms with Gasteiger partial charge in [-0.1, -0.05) is 24.4 Å². The molecule has 6 heteroatoms. The lowest BCUT2D eigenvalue weighted by atomic mass is 10.1. The molecule has 21 heavy (non-hydrogen) atoms. The monoisotopic (exact) mass is 311 g/mol. The molecule has 0 aromatic heterocycles. The maximum absolute atomic E-state index is 14.4. The molecule has 116 valence electrons. The predicted octanol–water partition coefficient (Wildman–Crippen LogP) is 0.957. The number of aliphatic hydroxyl groups is 1. The van der Waals surface area contributed by atoms with Crippen LogP contribution in [0.4, 0.5) is 4.39 Å². The Morgan fingerprint density at radius 3 is 2.86 bits per heavy atom. The molecule has 1 aromatic carbocycles. The molecule has 0 aliphatic carbocycles. The fraction of sp³-hybridized carbons (Fsp3) is 0.533. The molecule has 1 fully saturated rings. The summed E-state index contributed by atoms with van der Waals surface area (Å²) in [5, 5.41) is 9.88. The standard InChI is InChI=1S/C15H22FN3OS/c1-18(2)8-11-6-12(20)9-19(11)7-10-4-3-5-13(14(10)16)15(17)21/h3-5,11-12,20H,6-9H2,1-2H3,(H2,17,21). The maximum atomic E-state index is 14.4. The van der Waals surface area contributed by atoms with Gasteiger partial charge in [-0.15, -0.1) is 0 Å². The van der Waals surface area contributed by atoms with Gasteiger partial charge in [-0.3, -0.25) is 4.90 Å². The highest BCUT2D eigenvalue weighted by atomic mass is 32.1. The van der Waals surface area contributed by atoms with Gasteiger partial charge >= 0.3 is 0 Å². The molecule has 2 rings (SSSR count). The van der Waals surface area contributed by atoms with E-state index in [0.717, 1.165) is 13.0 Å². The lowest BCUT2D eigenvalue weighted by molar-refractivity contribution is 0.168. The number of likely N-dealkylation sites (N-methyl/N-ethyl adjacent to an activating group) is 1. The molecule has 1 aliphatic rings. The van der Waals surface area contributed by atoms with Crippen LogP contribution in [0.2, 0.25) is 0 Å². The molecule has 2 atom stereocenters. The molecular weight excluding hydrogens is 289 g/mol. The number of benzene rings is 1. The number of β-amino-alcohol motifs (C(OH)–C–C–N with tert-alkyl or cyclic N) is 1. The van der Waals surface area contributed by atoms with Crippen molar-refractivity contribution in [3.8, 4) is 0 Å². The molecule has 1 aliphatic heterocycles. The minimum absolute atomic E-state index is 0.0700. The van der Waals surface area contributed by atoms with Crippen LogP contribution >= 0.6 is 12.2 Å². The molecule has 1 heterocycles. The Kier molecular flexibility index (Phi) is 5.27. The van der Waals surface area contributed by atoms with Gasteiger partial charge in [0.2, 0.25) is 0 Å². The van der Waals surface area contributed by atoms with Crippen LogP contribution in [0.25, 0.3) is 0 Å². The van der Waals surface area contributed by atoms with Gasteiger partial charge in [0.25, 0.3) is 0 Å². The van der Waals surface area contributed by atoms with Crippen LogP contribution in [0.15, 0.2) is 18.2 Å². The zero-order chi connectivity index (χ0) is 15.6. The number of hydrogen-bond donors (Lipinski definition) is 2. The van der Waals surface area contributed by atoms with Gasteiger partial charge in [0.05, 0.1) is 6.10 Å². The number of nitrogens with zero attached hydrogens (tertiary/aromatic N) is 2. The summed E-state index contributed by atoms with van der Waals surface area (Å²) in [6, 6.07) is 5.33. The van der Waals surface area contributed by atoms with E-state index in [1.165, 1.54) is 0 Å². The first kappa shape index (κ1) is 16.3. The Morgan fingerprint density at radius 1 is 1.52 bits per heavy atom. The molecule has 0 amide bonds. The molecule has 0 bridgehead atoms. The van der Waals surface area contributed by atoms with Crippen molar-refractivity contribution in [2.24, 2.45) is 5.73 Å². The molecule has 3 N–H and O–H groups in total. The van der Waals surface area contributed by atoms with Crippen molar-refractivity contribution >= 4 is 17.2 Å². The average molecular weight is 311 g/mol. The summed E-state index contributed by atoms with van der Waals surface area (Å²) >= 11 is 4.87. The number of thiocarbonyl (C=S) groups is 1. The second-order valence-corrected chi connectivity index (χ2v) is 6.32. The van der Waals surface area contributed by atoms with Crippen LogP contribution in [0.1, 0.15) is 17.5 Å². The lowest BCUT2D eigenvalue weighted by Gasteiger charge is -2.27. The van der Waals surface area contributed by atoms with E-state index in [1.54, 1.807) is 18.2 Å². The molecular formula is C15H22FN3OS. The van der Waals surface area contributed by atoms with Gasteiger partial charge in [0.15, 0.2) is 0 Å². The van der Waals surface area contributed by atoms with Crippen LogP contribution in [-0.4, -0.2) is 59.2 Å². The molecule has 0 spiro atoms. The first-order valence-electron chi connectivity index (χ1n) is 7.02. The number of halogens is 1. The Morgan fingerprint density at radius 2 is 2.24 bits per heavy atom. The summed E-state index contributed by atoms with van der Waals surface area (Å²) in [6.07, 6.45) is 0.367. The number of aliphatic hydroxyl groups excluding tert-OH is 1. The largest absolute Gasteiger partial charge is 0.392 e. The van der Waals surface area contributed by atoms with Crippen molar-refractivity contribution in [1.82, 2.24) is 9.80 Å². The van der Waals surface area contributed by atoms with Crippen LogP contribution in [0.3, 0.4) is 0 Å². The molecule has 1 aromatic rings. The normalized spacial score (nSPS) is 22.9. The minimum Gasteiger partial charge on any atom is -0.392 e. The average Bonchev–Trinajstić information content (AvgIpc) is 2.70. The van der Waals surface area contributed by atoms with E-state index in [4.69, 9.17) is 18.0 Å². The van der Waals surface area contributed by atoms with E-state index < -0.39 is 0 Å². The Bertz CT molecular complexity index is 524. The number of hydrogen-bond acceptors (Lipinski definition) is 4. The third-order valence-corrected chi connectivity index (χ3v) is 4.02. The van der Waals surface area contributed by atoms with Crippen molar-refractivity contribution < 1.29 is 9.50 Å². The number of rotatable bonds is 5. The van der Waals surface area contributed by atoms with Gasteiger partial charge in [-0.25, -0.2) is 4.39 Å². The Hall–Kier alpha value is -1.08. The van der Waals surface area contributed by atoms with Gasteiger partial charge in [-0.05, 0) is 26.6 Å². The van der Waals surface area contributed by atoms with Crippen molar-refractivity contribution in [2.75, 3.05) is 27.2 Å². The lowest BCUT2D eigenvalue weighted by Crippen LogP contribution is -2.37. The van der Waals surface area contributed by atoms with Crippen molar-refractivity contribution in [2.45, 2.75) is 25.1 Å². The van der Waals surface area contributed by atoms with Crippen LogP contribution in [-0.2, 0) is 6.54 Å². The van der Waals surface area contributed by atoms with E-state index in [-0.39, 0.29) is 28.5 Å². The highest BCUT2D eigenvalue weighted by molar-refractivity contribution is 7.80. The SMILES string of the molecule is CN(C)CC1CC(O)CN1Cc1cccc(C(N)=S)c1F. The summed E-state index contributed by atoms with van der Waals surface area (Å²) in [5.41, 5.74) is 6.39. The Labute approximate surface area is 130 Å². The molecule has 0 saturated carbocycles. The highest BCUT2D eigenvalue weighted by Crippen LogP contribution is 2.23. The van der Waals surface area contributed by atoms with E-state index >= 15 is 0 Å². The van der Waals surface area contributed by atoms with E-state index in [1.807, 2.05) is 14.1 Å². The second-order valence-electron chi connectivity index (χ2n) is 5.88. The first-order valence-corrected chi connectivity index (χ1v) is 7.43. The first-order chi connectivity index (χ1) is 9.88. The van der Waals surface area contributed by atoms with Crippen molar-refractivity contribution in [1.29, 1.82) is 0 Å². The summed E-state index contributed by atoms with van der Waals surface area (Å²) in [4.78, 5) is 4.27. The van der Waals surface area contributed by atoms with Crippen molar-refractivity contribution in [3.05, 3.63) is 35.1 Å². The molecule has 0 radical (unpaired) electrons. The fourth-order valence-electron chi connectivity index (χ4n) is 2.87. The van der Waals surface area contributed by atoms with Gasteiger partial charge in [-0.2, -0.15) is 0 Å². The molecule has 4 nitrogen and oxygen atoms in total. The van der Waals surface area contributed by atoms with Gasteiger partial charge < -0.3 is 15.7 Å². The zero-order valence-corrected chi connectivity index (χ0v) is 13.2. The smallest absolute Gasteiger partial charge is 0.137 e. The zero-order valence-electron chi connectivity index (χ0n) is 12.4. The quantitative estimate of drug-likeness (QED) is 0.793. The van der Waals surface area contributed by atoms with E-state index in [2.05, 4.69) is 9.80 Å². The van der Waals surface area contributed by atoms with E-state index in [0.29, 0.717) is 18.7 Å². The molecule has 1 saturated heterocycles. The maximum Gasteiger partial charge on any atom is 0.137 e. The summed E-state index contributed by atoms with van der Waals surface area (Å²) in [7, 11) is 3.99. The topological polar surface area (TPSA) is 52.7 Å². The molecule has 2 unspecified atom stereocenters. The third kappa shape index (κ3) is 3.97. The van der Waals surface area contributed by atoms with Crippen LogP contribution in [0.5, 0.6) is 0 Å². The number of likely N-dealkylation sites (tertiary alicyclic amines) is 1. The van der Waals surface area contributed by atoms with Gasteiger partial charge in [0, 0.05) is 36.8 Å². The Balaban J connectivity index is 2.17. The third-order valence-electron chi connectivity index (χ3n) is 3.80. The van der Waals surface area contributed by atoms with Gasteiger partial charge in [0.1, 0.15) is 10.8 Å². The summed E-state index contributed by atoms with van der Waals surface area (Å²) in [6.45, 7) is 1.86. The fourth-order valence-corrected chi connectivity index (χ4v) is 3.03. The number of nitrogens with two attached hydrogens (primary N) is 1. The highest BCUT2D eigenvalue weighted by Gasteiger charge is 2.31.